The molecule has 0 N–H and O–H groups in total. The Morgan fingerprint density at radius 1 is 0.794 bits per heavy atom. The molecule has 1 aliphatic rings. The average Bonchev–Trinajstić information content (AvgIpc) is 3.13. The normalized spacial score (nSPS) is 23.6. The second kappa shape index (κ2) is 9.68. The first-order valence-electron chi connectivity index (χ1n) is 10.2. The zero-order valence-corrected chi connectivity index (χ0v) is 18.4. The van der Waals surface area contributed by atoms with Crippen LogP contribution in [0.15, 0.2) is 12.2 Å². The third-order valence-corrected chi connectivity index (χ3v) is 6.26. The molecule has 1 aliphatic carbocycles. The van der Waals surface area contributed by atoms with Crippen LogP contribution in [-0.2, 0) is 4.74 Å². The van der Waals surface area contributed by atoms with Gasteiger partial charge in [-0.15, -0.1) is 0 Å². The van der Waals surface area contributed by atoms with Crippen molar-refractivity contribution in [1.29, 1.82) is 0 Å². The Morgan fingerprint density at radius 2 is 1.26 bits per heavy atom. The molecule has 0 aromatic rings. The lowest BCUT2D eigenvalue weighted by atomic mass is 9.79. The Balaban J connectivity index is 3.50. The van der Waals surface area contributed by atoms with Crippen molar-refractivity contribution in [3.8, 4) is 0 Å². The van der Waals surface area contributed by atoms with Crippen molar-refractivity contribution in [2.24, 2.45) is 23.7 Å². The molecule has 0 radical (unpaired) electrons. The van der Waals surface area contributed by atoms with E-state index < -0.39 is 65.9 Å². The van der Waals surface area contributed by atoms with E-state index in [1.807, 2.05) is 0 Å². The lowest BCUT2D eigenvalue weighted by Crippen LogP contribution is -2.71. The van der Waals surface area contributed by atoms with Gasteiger partial charge >= 0.3 is 35.8 Å². The van der Waals surface area contributed by atoms with Gasteiger partial charge in [0, 0.05) is 12.5 Å². The summed E-state index contributed by atoms with van der Waals surface area (Å²) < 4.78 is 182. The van der Waals surface area contributed by atoms with Gasteiger partial charge in [-0.2, -0.15) is 57.1 Å². The summed E-state index contributed by atoms with van der Waals surface area (Å²) in [6.45, 7) is 8.10. The number of ether oxygens (including phenoxy) is 1. The van der Waals surface area contributed by atoms with Crippen molar-refractivity contribution in [3.63, 3.8) is 0 Å². The van der Waals surface area contributed by atoms with E-state index >= 15 is 0 Å². The molecule has 1 rings (SSSR count). The predicted molar refractivity (Wildman–Crippen MR) is 95.6 cm³/mol. The summed E-state index contributed by atoms with van der Waals surface area (Å²) in [4.78, 5) is 0. The molecule has 3 unspecified atom stereocenters. The predicted octanol–water partition coefficient (Wildman–Crippen LogP) is 8.01. The molecule has 202 valence electrons. The first kappa shape index (κ1) is 30.8. The topological polar surface area (TPSA) is 9.23 Å². The van der Waals surface area contributed by atoms with E-state index in [0.29, 0.717) is 0 Å². The minimum absolute atomic E-state index is 0.112. The van der Waals surface area contributed by atoms with Crippen molar-refractivity contribution in [2.75, 3.05) is 13.2 Å². The smallest absolute Gasteiger partial charge is 0.381 e. The van der Waals surface area contributed by atoms with Gasteiger partial charge in [-0.3, -0.25) is 0 Å². The molecule has 0 spiro atoms. The van der Waals surface area contributed by atoms with Gasteiger partial charge in [0.25, 0.3) is 0 Å². The highest BCUT2D eigenvalue weighted by Crippen LogP contribution is 2.64. The summed E-state index contributed by atoms with van der Waals surface area (Å²) in [5, 5.41) is 0. The van der Waals surface area contributed by atoms with Gasteiger partial charge in [0.05, 0.1) is 6.61 Å². The number of halogens is 13. The van der Waals surface area contributed by atoms with E-state index in [0.717, 1.165) is 0 Å². The molecule has 0 heterocycles. The second-order valence-corrected chi connectivity index (χ2v) is 8.71. The van der Waals surface area contributed by atoms with Crippen LogP contribution in [0.5, 0.6) is 0 Å². The molecule has 0 aliphatic heterocycles. The van der Waals surface area contributed by atoms with Crippen molar-refractivity contribution in [3.05, 3.63) is 12.2 Å². The maximum absolute atomic E-state index is 14.9. The molecule has 3 atom stereocenters. The van der Waals surface area contributed by atoms with Crippen molar-refractivity contribution < 1.29 is 61.8 Å². The Kier molecular flexibility index (Phi) is 8.78. The first-order valence-corrected chi connectivity index (χ1v) is 10.2. The minimum Gasteiger partial charge on any atom is -0.381 e. The van der Waals surface area contributed by atoms with E-state index in [9.17, 15) is 57.1 Å². The molecular formula is C20H25F13O. The quantitative estimate of drug-likeness (QED) is 0.150. The molecular weight excluding hydrogens is 503 g/mol. The highest BCUT2D eigenvalue weighted by atomic mass is 19.4. The maximum atomic E-state index is 14.9. The van der Waals surface area contributed by atoms with Gasteiger partial charge in [0.15, 0.2) is 0 Å². The Labute approximate surface area is 187 Å². The van der Waals surface area contributed by atoms with Gasteiger partial charge in [-0.1, -0.05) is 26.0 Å². The highest BCUT2D eigenvalue weighted by molar-refractivity contribution is 5.16. The van der Waals surface area contributed by atoms with Crippen LogP contribution >= 0.6 is 0 Å². The van der Waals surface area contributed by atoms with Crippen LogP contribution in [0, 0.1) is 23.7 Å². The number of hydrogen-bond acceptors (Lipinski definition) is 1. The Bertz CT molecular complexity index is 712. The summed E-state index contributed by atoms with van der Waals surface area (Å²) in [6.07, 6.45) is -8.77. The molecule has 1 saturated carbocycles. The van der Waals surface area contributed by atoms with Gasteiger partial charge < -0.3 is 4.74 Å². The minimum atomic E-state index is -7.89. The monoisotopic (exact) mass is 528 g/mol. The average molecular weight is 528 g/mol. The Morgan fingerprint density at radius 3 is 1.68 bits per heavy atom. The van der Waals surface area contributed by atoms with Crippen LogP contribution in [0.4, 0.5) is 57.1 Å². The molecule has 0 amide bonds. The summed E-state index contributed by atoms with van der Waals surface area (Å²) in [5.74, 6) is -42.4. The summed E-state index contributed by atoms with van der Waals surface area (Å²) in [6, 6.07) is 0. The molecule has 1 nitrogen and oxygen atoms in total. The molecule has 0 aromatic carbocycles. The molecule has 0 bridgehead atoms. The zero-order chi connectivity index (χ0) is 27.1. The van der Waals surface area contributed by atoms with Crippen LogP contribution in [-0.4, -0.2) is 49.0 Å². The lowest BCUT2D eigenvalue weighted by molar-refractivity contribution is -0.443. The van der Waals surface area contributed by atoms with E-state index in [2.05, 4.69) is 6.58 Å². The lowest BCUT2D eigenvalue weighted by Gasteiger charge is -2.42. The molecule has 14 heteroatoms. The Hall–Kier alpha value is -1.21. The first-order chi connectivity index (χ1) is 15.0. The third-order valence-electron chi connectivity index (χ3n) is 6.26. The van der Waals surface area contributed by atoms with E-state index in [1.165, 1.54) is 13.8 Å². The van der Waals surface area contributed by atoms with E-state index in [1.54, 1.807) is 6.92 Å². The van der Waals surface area contributed by atoms with Gasteiger partial charge in [0.1, 0.15) is 0 Å². The summed E-state index contributed by atoms with van der Waals surface area (Å²) in [7, 11) is 0. The molecule has 1 fully saturated rings. The van der Waals surface area contributed by atoms with Gasteiger partial charge in [-0.25, -0.2) is 0 Å². The maximum Gasteiger partial charge on any atom is 0.460 e. The van der Waals surface area contributed by atoms with Crippen molar-refractivity contribution in [2.45, 2.75) is 75.8 Å². The van der Waals surface area contributed by atoms with Gasteiger partial charge in [0.2, 0.25) is 0 Å². The zero-order valence-electron chi connectivity index (χ0n) is 18.4. The number of alkyl halides is 13. The highest BCUT2D eigenvalue weighted by Gasteiger charge is 2.91. The third kappa shape index (κ3) is 4.88. The molecule has 34 heavy (non-hydrogen) atoms. The van der Waals surface area contributed by atoms with Crippen LogP contribution in [0.3, 0.4) is 0 Å². The largest absolute Gasteiger partial charge is 0.460 e. The second-order valence-electron chi connectivity index (χ2n) is 8.71. The van der Waals surface area contributed by atoms with Crippen LogP contribution in [0.1, 0.15) is 40.0 Å². The summed E-state index contributed by atoms with van der Waals surface area (Å²) >= 11 is 0. The SMILES string of the molecule is C=C(CCOCC)C1CC(C(C)C)CC1C(F)(F)C(F)(F)C(F)(F)C(F)(F)C(F)(F)C(F)(F)F. The summed E-state index contributed by atoms with van der Waals surface area (Å²) in [5.41, 5.74) is -0.146. The fraction of sp³-hybridized carbons (Fsp3) is 0.900. The fourth-order valence-electron chi connectivity index (χ4n) is 4.02. The number of rotatable bonds is 11. The van der Waals surface area contributed by atoms with Crippen molar-refractivity contribution in [1.82, 2.24) is 0 Å². The van der Waals surface area contributed by atoms with Gasteiger partial charge in [-0.05, 0) is 43.9 Å². The molecule has 0 aromatic heterocycles. The van der Waals surface area contributed by atoms with Crippen LogP contribution in [0.2, 0.25) is 0 Å². The van der Waals surface area contributed by atoms with E-state index in [-0.39, 0.29) is 31.6 Å². The fourth-order valence-corrected chi connectivity index (χ4v) is 4.02. The van der Waals surface area contributed by atoms with Crippen LogP contribution in [0.25, 0.3) is 0 Å². The van der Waals surface area contributed by atoms with Crippen molar-refractivity contribution >= 4 is 0 Å². The number of hydrogen-bond donors (Lipinski definition) is 0. The van der Waals surface area contributed by atoms with E-state index in [4.69, 9.17) is 4.74 Å². The molecule has 0 saturated heterocycles. The van der Waals surface area contributed by atoms with Crippen LogP contribution < -0.4 is 0 Å². The standard InChI is InChI=1S/C20H25F13O/c1-5-34-7-6-11(4)13-8-12(10(2)3)9-14(13)15(21,22)16(23,24)17(25,26)18(27,28)19(29,30)20(31,32)33/h10,12-14H,4-9H2,1-3H3.